The van der Waals surface area contributed by atoms with E-state index in [0.717, 1.165) is 22.6 Å². The van der Waals surface area contributed by atoms with Crippen LogP contribution in [0.5, 0.6) is 0 Å². The summed E-state index contributed by atoms with van der Waals surface area (Å²) in [5, 5.41) is 5.57. The largest absolute Gasteiger partial charge is 0.382 e. The number of hydrogen-bond acceptors (Lipinski definition) is 8. The van der Waals surface area contributed by atoms with E-state index in [2.05, 4.69) is 15.3 Å². The Balaban J connectivity index is 1.59. The Kier molecular flexibility index (Phi) is 5.59. The summed E-state index contributed by atoms with van der Waals surface area (Å²) >= 11 is 1.56. The second kappa shape index (κ2) is 8.36. The SMILES string of the molecule is CC(=O)NS(=O)(=O)c1ccc(NC(=O)c2nc(-c3csc4ccccc34)cnc2N)cc1. The van der Waals surface area contributed by atoms with Gasteiger partial charge in [0.25, 0.3) is 15.9 Å². The lowest BCUT2D eigenvalue weighted by Crippen LogP contribution is -2.28. The van der Waals surface area contributed by atoms with Gasteiger partial charge >= 0.3 is 0 Å². The number of carbonyl (C=O) groups excluding carboxylic acids is 2. The van der Waals surface area contributed by atoms with Crippen molar-refractivity contribution in [3.05, 3.63) is 65.8 Å². The van der Waals surface area contributed by atoms with Gasteiger partial charge in [-0.2, -0.15) is 0 Å². The fourth-order valence-corrected chi connectivity index (χ4v) is 4.97. The van der Waals surface area contributed by atoms with Crippen molar-refractivity contribution in [3.8, 4) is 11.3 Å². The molecule has 2 heterocycles. The highest BCUT2D eigenvalue weighted by molar-refractivity contribution is 7.90. The molecule has 0 atom stereocenters. The topological polar surface area (TPSA) is 144 Å². The summed E-state index contributed by atoms with van der Waals surface area (Å²) in [6.07, 6.45) is 1.52. The molecule has 162 valence electrons. The maximum absolute atomic E-state index is 12.8. The zero-order valence-electron chi connectivity index (χ0n) is 16.7. The third-order valence-electron chi connectivity index (χ3n) is 4.47. The van der Waals surface area contributed by atoms with Crippen molar-refractivity contribution >= 4 is 54.8 Å². The number of nitrogen functional groups attached to an aromatic ring is 1. The van der Waals surface area contributed by atoms with Crippen LogP contribution >= 0.6 is 11.3 Å². The number of anilines is 2. The number of aromatic nitrogens is 2. The molecular weight excluding hydrogens is 450 g/mol. The number of amides is 2. The zero-order valence-corrected chi connectivity index (χ0v) is 18.3. The van der Waals surface area contributed by atoms with Gasteiger partial charge in [0.15, 0.2) is 11.5 Å². The van der Waals surface area contributed by atoms with Crippen molar-refractivity contribution in [3.63, 3.8) is 0 Å². The van der Waals surface area contributed by atoms with Gasteiger partial charge in [-0.05, 0) is 30.3 Å². The number of thiophene rings is 1. The van der Waals surface area contributed by atoms with Crippen LogP contribution in [0.2, 0.25) is 0 Å². The summed E-state index contributed by atoms with van der Waals surface area (Å²) in [5.74, 6) is -1.32. The van der Waals surface area contributed by atoms with Crippen LogP contribution < -0.4 is 15.8 Å². The molecule has 11 heteroatoms. The molecule has 2 aromatic carbocycles. The first-order valence-corrected chi connectivity index (χ1v) is 11.6. The zero-order chi connectivity index (χ0) is 22.9. The molecule has 0 fully saturated rings. The number of hydrogen-bond donors (Lipinski definition) is 3. The number of nitrogens with two attached hydrogens (primary N) is 1. The fourth-order valence-electron chi connectivity index (χ4n) is 3.03. The van der Waals surface area contributed by atoms with Crippen LogP contribution in [0.15, 0.2) is 65.0 Å². The van der Waals surface area contributed by atoms with Crippen LogP contribution in [0.1, 0.15) is 17.4 Å². The Bertz CT molecular complexity index is 1450. The number of nitrogens with zero attached hydrogens (tertiary/aromatic N) is 2. The maximum Gasteiger partial charge on any atom is 0.278 e. The summed E-state index contributed by atoms with van der Waals surface area (Å²) < 4.78 is 27.0. The fraction of sp³-hybridized carbons (Fsp3) is 0.0476. The Labute approximate surface area is 187 Å². The normalized spacial score (nSPS) is 11.3. The van der Waals surface area contributed by atoms with Crippen molar-refractivity contribution in [2.45, 2.75) is 11.8 Å². The van der Waals surface area contributed by atoms with Gasteiger partial charge in [-0.3, -0.25) is 9.59 Å². The molecule has 0 aliphatic heterocycles. The second-order valence-electron chi connectivity index (χ2n) is 6.77. The maximum atomic E-state index is 12.8. The number of nitrogens with one attached hydrogen (secondary N) is 2. The summed E-state index contributed by atoms with van der Waals surface area (Å²) in [7, 11) is -3.97. The van der Waals surface area contributed by atoms with Gasteiger partial charge in [-0.15, -0.1) is 11.3 Å². The Hall–Kier alpha value is -3.83. The van der Waals surface area contributed by atoms with E-state index in [9.17, 15) is 18.0 Å². The molecule has 9 nitrogen and oxygen atoms in total. The molecule has 32 heavy (non-hydrogen) atoms. The number of carbonyl (C=O) groups is 2. The first-order chi connectivity index (χ1) is 15.2. The highest BCUT2D eigenvalue weighted by Gasteiger charge is 2.18. The van der Waals surface area contributed by atoms with Crippen molar-refractivity contribution in [1.29, 1.82) is 0 Å². The average Bonchev–Trinajstić information content (AvgIpc) is 3.18. The minimum absolute atomic E-state index is 0.0318. The van der Waals surface area contributed by atoms with E-state index >= 15 is 0 Å². The van der Waals surface area contributed by atoms with E-state index in [0.29, 0.717) is 11.4 Å². The number of fused-ring (bicyclic) bond motifs is 1. The smallest absolute Gasteiger partial charge is 0.278 e. The standard InChI is InChI=1S/C21H17N5O4S2/c1-12(27)26-32(29,30)14-8-6-13(7-9-14)24-21(28)19-20(22)23-10-17(25-19)16-11-31-18-5-3-2-4-15(16)18/h2-11H,1H3,(H2,22,23)(H,24,28)(H,26,27). The van der Waals surface area contributed by atoms with Gasteiger partial charge in [-0.25, -0.2) is 23.1 Å². The van der Waals surface area contributed by atoms with Crippen molar-refractivity contribution < 1.29 is 18.0 Å². The molecule has 0 spiro atoms. The van der Waals surface area contributed by atoms with Gasteiger partial charge in [0, 0.05) is 33.6 Å². The molecule has 2 aromatic heterocycles. The molecule has 0 unspecified atom stereocenters. The second-order valence-corrected chi connectivity index (χ2v) is 9.37. The predicted octanol–water partition coefficient (Wildman–Crippen LogP) is 3.02. The van der Waals surface area contributed by atoms with Crippen LogP contribution in [-0.4, -0.2) is 30.2 Å². The highest BCUT2D eigenvalue weighted by atomic mass is 32.2. The summed E-state index contributed by atoms with van der Waals surface area (Å²) in [6.45, 7) is 1.10. The van der Waals surface area contributed by atoms with Crippen LogP contribution in [0.4, 0.5) is 11.5 Å². The molecule has 4 N–H and O–H groups in total. The molecule has 0 saturated heterocycles. The van der Waals surface area contributed by atoms with Gasteiger partial charge < -0.3 is 11.1 Å². The van der Waals surface area contributed by atoms with Crippen LogP contribution in [0.25, 0.3) is 21.3 Å². The molecule has 4 rings (SSSR count). The van der Waals surface area contributed by atoms with E-state index in [4.69, 9.17) is 5.73 Å². The molecule has 0 saturated carbocycles. The van der Waals surface area contributed by atoms with Crippen LogP contribution in [0.3, 0.4) is 0 Å². The predicted molar refractivity (Wildman–Crippen MR) is 123 cm³/mol. The van der Waals surface area contributed by atoms with Crippen molar-refractivity contribution in [2.75, 3.05) is 11.1 Å². The quantitative estimate of drug-likeness (QED) is 0.409. The number of rotatable bonds is 5. The van der Waals surface area contributed by atoms with Crippen LogP contribution in [0, 0.1) is 0 Å². The molecule has 4 aromatic rings. The summed E-state index contributed by atoms with van der Waals surface area (Å²) in [4.78, 5) is 32.2. The van der Waals surface area contributed by atoms with Gasteiger partial charge in [-0.1, -0.05) is 18.2 Å². The Morgan fingerprint density at radius 1 is 1.06 bits per heavy atom. The lowest BCUT2D eigenvalue weighted by atomic mass is 10.1. The summed E-state index contributed by atoms with van der Waals surface area (Å²) in [5.41, 5.74) is 7.52. The van der Waals surface area contributed by atoms with Crippen molar-refractivity contribution in [2.24, 2.45) is 0 Å². The third-order valence-corrected chi connectivity index (χ3v) is 6.89. The van der Waals surface area contributed by atoms with E-state index in [-0.39, 0.29) is 16.4 Å². The van der Waals surface area contributed by atoms with E-state index in [1.165, 1.54) is 30.5 Å². The van der Waals surface area contributed by atoms with E-state index in [1.807, 2.05) is 34.4 Å². The first kappa shape index (κ1) is 21.4. The summed E-state index contributed by atoms with van der Waals surface area (Å²) in [6, 6.07) is 13.2. The molecule has 0 aliphatic carbocycles. The van der Waals surface area contributed by atoms with E-state index < -0.39 is 21.8 Å². The third kappa shape index (κ3) is 4.29. The monoisotopic (exact) mass is 467 g/mol. The molecular formula is C21H17N5O4S2. The van der Waals surface area contributed by atoms with Crippen LogP contribution in [-0.2, 0) is 14.8 Å². The molecule has 0 bridgehead atoms. The molecule has 0 aliphatic rings. The first-order valence-electron chi connectivity index (χ1n) is 9.28. The minimum Gasteiger partial charge on any atom is -0.382 e. The molecule has 0 radical (unpaired) electrons. The minimum atomic E-state index is -3.97. The Morgan fingerprint density at radius 3 is 2.50 bits per heavy atom. The van der Waals surface area contributed by atoms with E-state index in [1.54, 1.807) is 11.3 Å². The lowest BCUT2D eigenvalue weighted by Gasteiger charge is -2.09. The number of sulfonamides is 1. The van der Waals surface area contributed by atoms with Gasteiger partial charge in [0.05, 0.1) is 16.8 Å². The Morgan fingerprint density at radius 2 is 1.78 bits per heavy atom. The molecule has 2 amide bonds. The lowest BCUT2D eigenvalue weighted by molar-refractivity contribution is -0.117. The number of benzene rings is 2. The van der Waals surface area contributed by atoms with Gasteiger partial charge in [0.2, 0.25) is 5.91 Å². The highest BCUT2D eigenvalue weighted by Crippen LogP contribution is 2.33. The average molecular weight is 468 g/mol. The van der Waals surface area contributed by atoms with Gasteiger partial charge in [0.1, 0.15) is 0 Å². The van der Waals surface area contributed by atoms with Crippen molar-refractivity contribution in [1.82, 2.24) is 14.7 Å².